The van der Waals surface area contributed by atoms with E-state index >= 15 is 0 Å². The molecule has 2 spiro atoms. The second-order valence-corrected chi connectivity index (χ2v) is 22.0. The van der Waals surface area contributed by atoms with Gasteiger partial charge >= 0.3 is 6.09 Å². The van der Waals surface area contributed by atoms with Crippen LogP contribution >= 0.6 is 0 Å². The van der Waals surface area contributed by atoms with Gasteiger partial charge in [0.1, 0.15) is 35.0 Å². The van der Waals surface area contributed by atoms with E-state index in [4.69, 9.17) is 14.5 Å². The van der Waals surface area contributed by atoms with Gasteiger partial charge < -0.3 is 30.3 Å². The molecule has 0 unspecified atom stereocenters. The van der Waals surface area contributed by atoms with Crippen LogP contribution in [0.15, 0.2) is 6.08 Å². The van der Waals surface area contributed by atoms with E-state index < -0.39 is 73.3 Å². The van der Waals surface area contributed by atoms with Crippen LogP contribution < -0.4 is 25.4 Å². The first kappa shape index (κ1) is 45.4. The monoisotopic (exact) mass is 857 g/mol. The number of likely N-dealkylation sites (tertiary alicyclic amines) is 1. The van der Waals surface area contributed by atoms with Crippen molar-refractivity contribution in [3.8, 4) is 6.01 Å². The highest BCUT2D eigenvalue weighted by atomic mass is 32.2. The highest BCUT2D eigenvalue weighted by Crippen LogP contribution is 2.50. The zero-order valence-corrected chi connectivity index (χ0v) is 37.8. The first-order chi connectivity index (χ1) is 28.0. The number of nitrogens with zero attached hydrogens (tertiary/aromatic N) is 3. The zero-order chi connectivity index (χ0) is 44.0. The fourth-order valence-electron chi connectivity index (χ4n) is 9.05. The number of ether oxygens (including phenoxy) is 2. The zero-order valence-electron chi connectivity index (χ0n) is 37.0. The lowest BCUT2D eigenvalue weighted by molar-refractivity contribution is -0.143. The van der Waals surface area contributed by atoms with Crippen molar-refractivity contribution in [1.29, 1.82) is 0 Å². The molecule has 5 aliphatic rings. The smallest absolute Gasteiger partial charge is 0.408 e. The molecule has 4 N–H and O–H groups in total. The lowest BCUT2D eigenvalue weighted by atomic mass is 9.85. The number of hydrogen-bond donors (Lipinski definition) is 4. The van der Waals surface area contributed by atoms with Crippen molar-refractivity contribution >= 4 is 45.3 Å². The van der Waals surface area contributed by atoms with Crippen LogP contribution in [-0.2, 0) is 40.4 Å². The van der Waals surface area contributed by atoms with Crippen molar-refractivity contribution in [1.82, 2.24) is 35.1 Å². The summed E-state index contributed by atoms with van der Waals surface area (Å²) in [7, 11) is -4.06. The molecule has 5 amide bonds. The Morgan fingerprint density at radius 3 is 2.33 bits per heavy atom. The van der Waals surface area contributed by atoms with E-state index in [1.807, 2.05) is 31.4 Å². The molecule has 1 aromatic rings. The Hall–Kier alpha value is -4.15. The van der Waals surface area contributed by atoms with Crippen molar-refractivity contribution in [2.24, 2.45) is 11.3 Å². The Labute approximate surface area is 355 Å². The number of carbonyl (C=O) groups is 5. The van der Waals surface area contributed by atoms with E-state index in [-0.39, 0.29) is 43.3 Å². The van der Waals surface area contributed by atoms with Gasteiger partial charge in [-0.1, -0.05) is 65.9 Å². The summed E-state index contributed by atoms with van der Waals surface area (Å²) in [4.78, 5) is 76.5. The van der Waals surface area contributed by atoms with Gasteiger partial charge in [-0.15, -0.1) is 0 Å². The second kappa shape index (κ2) is 17.0. The number of fused-ring (bicyclic) bond motifs is 3. The van der Waals surface area contributed by atoms with E-state index in [1.54, 1.807) is 41.5 Å². The summed E-state index contributed by atoms with van der Waals surface area (Å²) in [5, 5.41) is 8.73. The number of aromatic nitrogens is 2. The van der Waals surface area contributed by atoms with E-state index in [2.05, 4.69) is 20.7 Å². The highest BCUT2D eigenvalue weighted by Gasteiger charge is 2.64. The average Bonchev–Trinajstić information content (AvgIpc) is 4.00. The van der Waals surface area contributed by atoms with Crippen LogP contribution in [0.3, 0.4) is 0 Å². The normalized spacial score (nSPS) is 27.8. The predicted octanol–water partition coefficient (Wildman–Crippen LogP) is 4.82. The molecule has 1 saturated heterocycles. The number of alkyl carbamates (subject to hydrolysis) is 1. The third-order valence-corrected chi connectivity index (χ3v) is 14.9. The first-order valence-corrected chi connectivity index (χ1v) is 23.5. The number of amides is 5. The van der Waals surface area contributed by atoms with Crippen molar-refractivity contribution in [2.45, 2.75) is 186 Å². The van der Waals surface area contributed by atoms with E-state index in [0.29, 0.717) is 62.8 Å². The number of imidazole rings is 1. The fourth-order valence-corrected chi connectivity index (χ4v) is 10.8. The maximum atomic E-state index is 14.8. The van der Waals surface area contributed by atoms with Crippen molar-refractivity contribution in [3.05, 3.63) is 17.5 Å². The maximum absolute atomic E-state index is 14.8. The minimum Gasteiger partial charge on any atom is -0.459 e. The van der Waals surface area contributed by atoms with Gasteiger partial charge in [-0.3, -0.25) is 28.5 Å². The predicted molar refractivity (Wildman–Crippen MR) is 225 cm³/mol. The van der Waals surface area contributed by atoms with Gasteiger partial charge in [0.25, 0.3) is 17.8 Å². The van der Waals surface area contributed by atoms with Gasteiger partial charge in [-0.05, 0) is 90.9 Å². The molecular weight excluding hydrogens is 791 g/mol. The topological polar surface area (TPSA) is 207 Å². The van der Waals surface area contributed by atoms with Gasteiger partial charge in [-0.2, -0.15) is 4.98 Å². The average molecular weight is 858 g/mol. The number of hydrogen-bond acceptors (Lipinski definition) is 10. The standard InChI is InChI=1S/C43H67N7O9S/c1-10-27-24-43(27)37(54)48-60(56,57)42(20-21-42)19-14-12-11-13-15-22-44-34(51)29-17-16-18-30-32(29)45-38(50(30)26(2)3)58-28-23-31(35(52)47-43)49(25-28)36(53)33(40(4,5)6)46-39(55)59-41(7,8)9/h17,26-28,31,33H,10-16,18-25H2,1-9H3,(H,44,51)(H,46,55)(H,47,52)(H,48,54)/t27-,28-,31+,33-,43-/m1/s1. The van der Waals surface area contributed by atoms with Gasteiger partial charge in [0.15, 0.2) is 0 Å². The molecule has 3 aliphatic carbocycles. The van der Waals surface area contributed by atoms with Crippen molar-refractivity contribution in [2.75, 3.05) is 13.1 Å². The minimum absolute atomic E-state index is 0.00950. The molecule has 1 aromatic heterocycles. The van der Waals surface area contributed by atoms with Crippen molar-refractivity contribution < 1.29 is 41.9 Å². The van der Waals surface area contributed by atoms with Crippen LogP contribution in [0.4, 0.5) is 4.79 Å². The molecular formula is C43H67N7O9S. The molecule has 2 saturated carbocycles. The van der Waals surface area contributed by atoms with Gasteiger partial charge in [0.05, 0.1) is 16.9 Å². The van der Waals surface area contributed by atoms with Crippen LogP contribution in [-0.4, -0.2) is 99.8 Å². The highest BCUT2D eigenvalue weighted by molar-refractivity contribution is 7.91. The summed E-state index contributed by atoms with van der Waals surface area (Å²) in [6.45, 7) is 16.8. The lowest BCUT2D eigenvalue weighted by Crippen LogP contribution is -2.60. The molecule has 3 fully saturated rings. The minimum atomic E-state index is -4.06. The van der Waals surface area contributed by atoms with Crippen LogP contribution in [0, 0.1) is 11.3 Å². The molecule has 6 rings (SSSR count). The Balaban J connectivity index is 1.36. The first-order valence-electron chi connectivity index (χ1n) is 22.0. The van der Waals surface area contributed by atoms with Gasteiger partial charge in [0, 0.05) is 24.7 Å². The SMILES string of the molecule is CC[C@@H]1C[C@@]12NC(=O)[C@@H]1C[C@H](CN1C(=O)[C@@H](NC(=O)OC(C)(C)C)C(C)(C)C)Oc1nc3c(n1C(C)C)CCC=C3C(=O)NCCCCCCCC1(CC1)S(=O)(=O)NC2=O. The summed E-state index contributed by atoms with van der Waals surface area (Å²) >= 11 is 0. The molecule has 0 aromatic carbocycles. The summed E-state index contributed by atoms with van der Waals surface area (Å²) in [5.41, 5.74) is -1.27. The summed E-state index contributed by atoms with van der Waals surface area (Å²) in [6, 6.07) is -2.14. The van der Waals surface area contributed by atoms with E-state index in [9.17, 15) is 32.4 Å². The number of rotatable bonds is 4. The van der Waals surface area contributed by atoms with Crippen LogP contribution in [0.5, 0.6) is 6.01 Å². The quantitative estimate of drug-likeness (QED) is 0.325. The van der Waals surface area contributed by atoms with Crippen LogP contribution in [0.1, 0.15) is 157 Å². The second-order valence-electron chi connectivity index (χ2n) is 19.9. The number of sulfonamides is 1. The number of allylic oxidation sites excluding steroid dienone is 1. The Morgan fingerprint density at radius 1 is 1.03 bits per heavy atom. The number of carbonyl (C=O) groups excluding carboxylic acids is 5. The fraction of sp³-hybridized carbons (Fsp3) is 0.767. The Kier molecular flexibility index (Phi) is 12.8. The maximum Gasteiger partial charge on any atom is 0.408 e. The van der Waals surface area contributed by atoms with E-state index in [1.165, 1.54) is 4.90 Å². The Bertz CT molecular complexity index is 1990. The summed E-state index contributed by atoms with van der Waals surface area (Å²) in [6.07, 6.45) is 7.78. The molecule has 3 heterocycles. The van der Waals surface area contributed by atoms with Gasteiger partial charge in [-0.25, -0.2) is 13.2 Å². The molecule has 0 radical (unpaired) electrons. The Morgan fingerprint density at radius 2 is 1.72 bits per heavy atom. The third-order valence-electron chi connectivity index (χ3n) is 12.7. The third kappa shape index (κ3) is 9.50. The van der Waals surface area contributed by atoms with Crippen molar-refractivity contribution in [3.63, 3.8) is 0 Å². The molecule has 4 bridgehead atoms. The van der Waals surface area contributed by atoms with Crippen LogP contribution in [0.2, 0.25) is 0 Å². The summed E-state index contributed by atoms with van der Waals surface area (Å²) < 4.78 is 43.2. The molecule has 334 valence electrons. The van der Waals surface area contributed by atoms with Gasteiger partial charge in [0.2, 0.25) is 21.8 Å². The molecule has 2 aliphatic heterocycles. The molecule has 16 nitrogen and oxygen atoms in total. The molecule has 60 heavy (non-hydrogen) atoms. The lowest BCUT2D eigenvalue weighted by Gasteiger charge is -2.36. The van der Waals surface area contributed by atoms with Crippen LogP contribution in [0.25, 0.3) is 5.57 Å². The largest absolute Gasteiger partial charge is 0.459 e. The summed E-state index contributed by atoms with van der Waals surface area (Å²) in [5.74, 6) is -2.48. The molecule has 17 heteroatoms. The molecule has 5 atom stereocenters. The van der Waals surface area contributed by atoms with E-state index in [0.717, 1.165) is 31.4 Å². The number of nitrogens with one attached hydrogen (secondary N) is 4.